The SMILES string of the molecule is O=S(=O)(Cc1ccc(Cl)cc1F)N[C@@H]1CNC[C@H]1O. The maximum Gasteiger partial charge on any atom is 0.216 e. The minimum Gasteiger partial charge on any atom is -0.390 e. The van der Waals surface area contributed by atoms with Crippen LogP contribution >= 0.6 is 11.6 Å². The highest BCUT2D eigenvalue weighted by molar-refractivity contribution is 7.88. The molecular weight excluding hydrogens is 295 g/mol. The number of aliphatic hydroxyl groups is 1. The van der Waals surface area contributed by atoms with Gasteiger partial charge < -0.3 is 10.4 Å². The number of β-amino-alcohol motifs (C(OH)–C–C–N with tert-alkyl or cyclic N) is 1. The first-order valence-electron chi connectivity index (χ1n) is 5.70. The topological polar surface area (TPSA) is 78.4 Å². The van der Waals surface area contributed by atoms with Crippen LogP contribution in [0, 0.1) is 5.82 Å². The van der Waals surface area contributed by atoms with Gasteiger partial charge in [-0.05, 0) is 12.1 Å². The largest absolute Gasteiger partial charge is 0.390 e. The zero-order valence-electron chi connectivity index (χ0n) is 9.94. The molecule has 1 saturated heterocycles. The summed E-state index contributed by atoms with van der Waals surface area (Å²) < 4.78 is 39.7. The molecule has 2 rings (SSSR count). The molecule has 0 aromatic heterocycles. The summed E-state index contributed by atoms with van der Waals surface area (Å²) in [4.78, 5) is 0. The number of rotatable bonds is 4. The molecule has 0 radical (unpaired) electrons. The lowest BCUT2D eigenvalue weighted by atomic mass is 10.2. The predicted octanol–water partition coefficient (Wildman–Crippen LogP) is 0.231. The predicted molar refractivity (Wildman–Crippen MR) is 69.8 cm³/mol. The van der Waals surface area contributed by atoms with Gasteiger partial charge in [0.15, 0.2) is 0 Å². The van der Waals surface area contributed by atoms with E-state index in [9.17, 15) is 17.9 Å². The molecule has 0 spiro atoms. The first kappa shape index (κ1) is 14.7. The molecule has 1 fully saturated rings. The Morgan fingerprint density at radius 2 is 2.21 bits per heavy atom. The van der Waals surface area contributed by atoms with Crippen LogP contribution in [-0.2, 0) is 15.8 Å². The van der Waals surface area contributed by atoms with Crippen LogP contribution in [-0.4, -0.2) is 38.8 Å². The first-order chi connectivity index (χ1) is 8.87. The smallest absolute Gasteiger partial charge is 0.216 e. The quantitative estimate of drug-likeness (QED) is 0.744. The molecule has 0 amide bonds. The van der Waals surface area contributed by atoms with Gasteiger partial charge in [-0.25, -0.2) is 17.5 Å². The van der Waals surface area contributed by atoms with Crippen LogP contribution < -0.4 is 10.0 Å². The van der Waals surface area contributed by atoms with Crippen molar-refractivity contribution in [3.8, 4) is 0 Å². The average molecular weight is 309 g/mol. The maximum atomic E-state index is 13.5. The minimum atomic E-state index is -3.72. The van der Waals surface area contributed by atoms with E-state index in [4.69, 9.17) is 11.6 Å². The van der Waals surface area contributed by atoms with Crippen molar-refractivity contribution < 1.29 is 17.9 Å². The van der Waals surface area contributed by atoms with E-state index >= 15 is 0 Å². The third-order valence-electron chi connectivity index (χ3n) is 2.87. The Kier molecular flexibility index (Phi) is 4.42. The van der Waals surface area contributed by atoms with Crippen molar-refractivity contribution in [2.75, 3.05) is 13.1 Å². The van der Waals surface area contributed by atoms with Gasteiger partial charge in [0.25, 0.3) is 0 Å². The number of halogens is 2. The summed E-state index contributed by atoms with van der Waals surface area (Å²) in [6, 6.07) is 3.25. The fourth-order valence-electron chi connectivity index (χ4n) is 1.90. The Morgan fingerprint density at radius 3 is 2.79 bits per heavy atom. The van der Waals surface area contributed by atoms with Gasteiger partial charge in [0.2, 0.25) is 10.0 Å². The van der Waals surface area contributed by atoms with Gasteiger partial charge in [-0.2, -0.15) is 0 Å². The highest BCUT2D eigenvalue weighted by Gasteiger charge is 2.29. The van der Waals surface area contributed by atoms with Gasteiger partial charge in [-0.3, -0.25) is 0 Å². The number of nitrogens with one attached hydrogen (secondary N) is 2. The van der Waals surface area contributed by atoms with Crippen molar-refractivity contribution in [2.45, 2.75) is 17.9 Å². The molecule has 3 N–H and O–H groups in total. The number of hydrogen-bond donors (Lipinski definition) is 3. The van der Waals surface area contributed by atoms with Crippen LogP contribution in [0.2, 0.25) is 5.02 Å². The van der Waals surface area contributed by atoms with Crippen molar-refractivity contribution in [3.05, 3.63) is 34.6 Å². The van der Waals surface area contributed by atoms with Crippen molar-refractivity contribution >= 4 is 21.6 Å². The van der Waals surface area contributed by atoms with E-state index in [-0.39, 0.29) is 10.6 Å². The van der Waals surface area contributed by atoms with E-state index in [2.05, 4.69) is 10.0 Å². The number of benzene rings is 1. The fourth-order valence-corrected chi connectivity index (χ4v) is 3.49. The highest BCUT2D eigenvalue weighted by Crippen LogP contribution is 2.17. The molecule has 8 heteroatoms. The van der Waals surface area contributed by atoms with E-state index < -0.39 is 33.7 Å². The number of hydrogen-bond acceptors (Lipinski definition) is 4. The van der Waals surface area contributed by atoms with Crippen LogP contribution in [0.1, 0.15) is 5.56 Å². The Balaban J connectivity index is 2.08. The number of sulfonamides is 1. The van der Waals surface area contributed by atoms with Crippen molar-refractivity contribution in [2.24, 2.45) is 0 Å². The average Bonchev–Trinajstić information content (AvgIpc) is 2.68. The third kappa shape index (κ3) is 3.87. The van der Waals surface area contributed by atoms with Crippen molar-refractivity contribution in [3.63, 3.8) is 0 Å². The van der Waals surface area contributed by atoms with Gasteiger partial charge in [-0.1, -0.05) is 17.7 Å². The summed E-state index contributed by atoms with van der Waals surface area (Å²) in [7, 11) is -3.72. The molecule has 1 aliphatic heterocycles. The molecule has 1 aromatic rings. The lowest BCUT2D eigenvalue weighted by Gasteiger charge is -2.15. The molecule has 106 valence electrons. The first-order valence-corrected chi connectivity index (χ1v) is 7.73. The summed E-state index contributed by atoms with van der Waals surface area (Å²) in [5, 5.41) is 12.6. The molecule has 19 heavy (non-hydrogen) atoms. The lowest BCUT2D eigenvalue weighted by Crippen LogP contribution is -2.43. The summed E-state index contributed by atoms with van der Waals surface area (Å²) in [6.07, 6.45) is -0.773. The van der Waals surface area contributed by atoms with Gasteiger partial charge in [0.1, 0.15) is 5.82 Å². The summed E-state index contributed by atoms with van der Waals surface area (Å²) >= 11 is 5.60. The Morgan fingerprint density at radius 1 is 1.47 bits per heavy atom. The molecule has 2 atom stereocenters. The molecule has 5 nitrogen and oxygen atoms in total. The lowest BCUT2D eigenvalue weighted by molar-refractivity contribution is 0.172. The van der Waals surface area contributed by atoms with E-state index in [0.29, 0.717) is 13.1 Å². The molecule has 0 unspecified atom stereocenters. The van der Waals surface area contributed by atoms with Crippen LogP contribution in [0.3, 0.4) is 0 Å². The normalized spacial score (nSPS) is 23.7. The molecule has 0 saturated carbocycles. The van der Waals surface area contributed by atoms with Crippen LogP contribution in [0.25, 0.3) is 0 Å². The van der Waals surface area contributed by atoms with Gasteiger partial charge >= 0.3 is 0 Å². The zero-order chi connectivity index (χ0) is 14.0. The Hall–Kier alpha value is -0.730. The summed E-state index contributed by atoms with van der Waals surface area (Å²) in [5.74, 6) is -1.15. The number of aliphatic hydroxyl groups excluding tert-OH is 1. The highest BCUT2D eigenvalue weighted by atomic mass is 35.5. The molecule has 1 heterocycles. The van der Waals surface area contributed by atoms with Gasteiger partial charge in [0.05, 0.1) is 17.9 Å². The van der Waals surface area contributed by atoms with E-state index in [1.54, 1.807) is 0 Å². The zero-order valence-corrected chi connectivity index (χ0v) is 11.5. The third-order valence-corrected chi connectivity index (χ3v) is 4.46. The second-order valence-corrected chi connectivity index (χ2v) is 6.64. The second kappa shape index (κ2) is 5.72. The summed E-state index contributed by atoms with van der Waals surface area (Å²) in [5.41, 5.74) is 0.0392. The molecule has 1 aliphatic rings. The Bertz CT molecular complexity index is 567. The van der Waals surface area contributed by atoms with E-state index in [0.717, 1.165) is 6.07 Å². The Labute approximate surface area is 115 Å². The van der Waals surface area contributed by atoms with Crippen molar-refractivity contribution in [1.82, 2.24) is 10.0 Å². The van der Waals surface area contributed by atoms with Crippen LogP contribution in [0.5, 0.6) is 0 Å². The molecule has 0 bridgehead atoms. The van der Waals surface area contributed by atoms with Crippen LogP contribution in [0.4, 0.5) is 4.39 Å². The summed E-state index contributed by atoms with van der Waals surface area (Å²) in [6.45, 7) is 0.686. The van der Waals surface area contributed by atoms with Gasteiger partial charge in [0, 0.05) is 23.7 Å². The molecular formula is C11H14ClFN2O3S. The maximum absolute atomic E-state index is 13.5. The second-order valence-electron chi connectivity index (χ2n) is 4.44. The van der Waals surface area contributed by atoms with Gasteiger partial charge in [-0.15, -0.1) is 0 Å². The van der Waals surface area contributed by atoms with E-state index in [1.807, 2.05) is 0 Å². The monoisotopic (exact) mass is 308 g/mol. The fraction of sp³-hybridized carbons (Fsp3) is 0.455. The minimum absolute atomic E-state index is 0.0392. The standard InChI is InChI=1S/C11H14ClFN2O3S/c12-8-2-1-7(9(13)3-8)6-19(17,18)15-10-4-14-5-11(10)16/h1-3,10-11,14-16H,4-6H2/t10-,11-/m1/s1. The molecule has 0 aliphatic carbocycles. The van der Waals surface area contributed by atoms with Crippen molar-refractivity contribution in [1.29, 1.82) is 0 Å². The van der Waals surface area contributed by atoms with Crippen LogP contribution in [0.15, 0.2) is 18.2 Å². The molecule has 1 aromatic carbocycles. The van der Waals surface area contributed by atoms with E-state index in [1.165, 1.54) is 12.1 Å².